The Morgan fingerprint density at radius 3 is 3.06 bits per heavy atom. The molecule has 1 fully saturated rings. The predicted octanol–water partition coefficient (Wildman–Crippen LogP) is 2.76. The highest BCUT2D eigenvalue weighted by molar-refractivity contribution is 7.15. The number of halogens is 1. The van der Waals surface area contributed by atoms with Crippen LogP contribution in [-0.2, 0) is 6.54 Å². The van der Waals surface area contributed by atoms with Gasteiger partial charge in [-0.3, -0.25) is 4.90 Å². The van der Waals surface area contributed by atoms with Crippen LogP contribution in [0.3, 0.4) is 0 Å². The van der Waals surface area contributed by atoms with E-state index in [0.29, 0.717) is 10.5 Å². The van der Waals surface area contributed by atoms with E-state index in [-0.39, 0.29) is 0 Å². The molecule has 2 rings (SSSR count). The van der Waals surface area contributed by atoms with E-state index in [1.807, 2.05) is 6.20 Å². The number of piperidine rings is 1. The lowest BCUT2D eigenvalue weighted by Gasteiger charge is -2.29. The molecule has 1 aromatic heterocycles. The van der Waals surface area contributed by atoms with E-state index >= 15 is 0 Å². The van der Waals surface area contributed by atoms with E-state index in [1.165, 1.54) is 30.7 Å². The minimum atomic E-state index is 0.645. The van der Waals surface area contributed by atoms with Gasteiger partial charge in [-0.05, 0) is 25.9 Å². The minimum absolute atomic E-state index is 0.645. The SMILES string of the molecule is CCN(Cc1cnc(Cl)s1)CC1CCCCN1. The molecular weight excluding hydrogens is 254 g/mol. The first-order valence-electron chi connectivity index (χ1n) is 6.34. The zero-order valence-electron chi connectivity index (χ0n) is 10.3. The highest BCUT2D eigenvalue weighted by Crippen LogP contribution is 2.19. The average molecular weight is 274 g/mol. The molecule has 17 heavy (non-hydrogen) atoms. The molecule has 0 bridgehead atoms. The quantitative estimate of drug-likeness (QED) is 0.894. The number of nitrogens with one attached hydrogen (secondary N) is 1. The maximum atomic E-state index is 5.86. The molecule has 0 spiro atoms. The highest BCUT2D eigenvalue weighted by atomic mass is 35.5. The number of likely N-dealkylation sites (N-methyl/N-ethyl adjacent to an activating group) is 1. The molecule has 2 heterocycles. The Morgan fingerprint density at radius 2 is 2.47 bits per heavy atom. The zero-order valence-corrected chi connectivity index (χ0v) is 11.9. The predicted molar refractivity (Wildman–Crippen MR) is 73.7 cm³/mol. The topological polar surface area (TPSA) is 28.2 Å². The summed E-state index contributed by atoms with van der Waals surface area (Å²) in [5.74, 6) is 0. The van der Waals surface area contributed by atoms with Crippen LogP contribution in [0.5, 0.6) is 0 Å². The second kappa shape index (κ2) is 6.69. The highest BCUT2D eigenvalue weighted by Gasteiger charge is 2.16. The molecule has 0 aromatic carbocycles. The molecule has 3 nitrogen and oxygen atoms in total. The van der Waals surface area contributed by atoms with Crippen LogP contribution >= 0.6 is 22.9 Å². The van der Waals surface area contributed by atoms with Gasteiger partial charge in [0.1, 0.15) is 0 Å². The number of rotatable bonds is 5. The first kappa shape index (κ1) is 13.3. The van der Waals surface area contributed by atoms with Crippen molar-refractivity contribution in [3.05, 3.63) is 15.5 Å². The van der Waals surface area contributed by atoms with Crippen LogP contribution < -0.4 is 5.32 Å². The van der Waals surface area contributed by atoms with Crippen molar-refractivity contribution in [3.8, 4) is 0 Å². The van der Waals surface area contributed by atoms with E-state index in [4.69, 9.17) is 11.6 Å². The molecule has 1 saturated heterocycles. The van der Waals surface area contributed by atoms with Gasteiger partial charge in [-0.1, -0.05) is 24.9 Å². The summed E-state index contributed by atoms with van der Waals surface area (Å²) in [5, 5.41) is 3.59. The van der Waals surface area contributed by atoms with Gasteiger partial charge in [0, 0.05) is 30.2 Å². The van der Waals surface area contributed by atoms with Gasteiger partial charge in [0.2, 0.25) is 0 Å². The molecule has 0 radical (unpaired) electrons. The van der Waals surface area contributed by atoms with Crippen LogP contribution in [0.25, 0.3) is 0 Å². The fraction of sp³-hybridized carbons (Fsp3) is 0.750. The monoisotopic (exact) mass is 273 g/mol. The zero-order chi connectivity index (χ0) is 12.1. The molecule has 1 aliphatic heterocycles. The molecule has 5 heteroatoms. The third-order valence-corrected chi connectivity index (χ3v) is 4.34. The van der Waals surface area contributed by atoms with Crippen LogP contribution in [0.2, 0.25) is 4.47 Å². The fourth-order valence-electron chi connectivity index (χ4n) is 2.27. The maximum Gasteiger partial charge on any atom is 0.183 e. The second-order valence-corrected chi connectivity index (χ2v) is 6.25. The lowest BCUT2D eigenvalue weighted by Crippen LogP contribution is -2.43. The molecular formula is C12H20ClN3S. The molecule has 96 valence electrons. The Morgan fingerprint density at radius 1 is 1.59 bits per heavy atom. The Hall–Kier alpha value is -0.160. The molecule has 1 aliphatic rings. The van der Waals surface area contributed by atoms with Crippen LogP contribution in [-0.4, -0.2) is 35.6 Å². The van der Waals surface area contributed by atoms with E-state index in [1.54, 1.807) is 11.3 Å². The molecule has 0 saturated carbocycles. The summed E-state index contributed by atoms with van der Waals surface area (Å²) >= 11 is 7.44. The number of hydrogen-bond acceptors (Lipinski definition) is 4. The Labute approximate surface area is 112 Å². The van der Waals surface area contributed by atoms with Gasteiger partial charge < -0.3 is 5.32 Å². The summed E-state index contributed by atoms with van der Waals surface area (Å²) < 4.78 is 0.645. The average Bonchev–Trinajstić information content (AvgIpc) is 2.75. The molecule has 1 atom stereocenters. The Kier molecular flexibility index (Phi) is 5.22. The van der Waals surface area contributed by atoms with Crippen LogP contribution in [0.15, 0.2) is 6.20 Å². The Balaban J connectivity index is 1.83. The summed E-state index contributed by atoms with van der Waals surface area (Å²) in [7, 11) is 0. The van der Waals surface area contributed by atoms with Crippen molar-refractivity contribution in [3.63, 3.8) is 0 Å². The van der Waals surface area contributed by atoms with Crippen LogP contribution in [0.4, 0.5) is 0 Å². The fourth-order valence-corrected chi connectivity index (χ4v) is 3.29. The van der Waals surface area contributed by atoms with Gasteiger partial charge in [0.05, 0.1) is 0 Å². The second-order valence-electron chi connectivity index (χ2n) is 4.55. The lowest BCUT2D eigenvalue weighted by molar-refractivity contribution is 0.228. The van der Waals surface area contributed by atoms with Crippen molar-refractivity contribution >= 4 is 22.9 Å². The largest absolute Gasteiger partial charge is 0.313 e. The van der Waals surface area contributed by atoms with Gasteiger partial charge >= 0.3 is 0 Å². The van der Waals surface area contributed by atoms with Crippen molar-refractivity contribution in [1.29, 1.82) is 0 Å². The molecule has 0 amide bonds. The third-order valence-electron chi connectivity index (χ3n) is 3.24. The smallest absolute Gasteiger partial charge is 0.183 e. The number of thiazole rings is 1. The van der Waals surface area contributed by atoms with Crippen molar-refractivity contribution in [2.75, 3.05) is 19.6 Å². The molecule has 0 aliphatic carbocycles. The van der Waals surface area contributed by atoms with Gasteiger partial charge in [0.25, 0.3) is 0 Å². The van der Waals surface area contributed by atoms with Gasteiger partial charge in [-0.15, -0.1) is 11.3 Å². The number of nitrogens with zero attached hydrogens (tertiary/aromatic N) is 2. The van der Waals surface area contributed by atoms with E-state index < -0.39 is 0 Å². The number of aromatic nitrogens is 1. The van der Waals surface area contributed by atoms with Gasteiger partial charge in [-0.25, -0.2) is 4.98 Å². The molecule has 1 unspecified atom stereocenters. The first-order valence-corrected chi connectivity index (χ1v) is 7.53. The lowest BCUT2D eigenvalue weighted by atomic mass is 10.0. The van der Waals surface area contributed by atoms with E-state index in [2.05, 4.69) is 22.1 Å². The summed E-state index contributed by atoms with van der Waals surface area (Å²) in [4.78, 5) is 7.81. The molecule has 1 aromatic rings. The Bertz CT molecular complexity index is 336. The van der Waals surface area contributed by atoms with Crippen molar-refractivity contribution in [2.45, 2.75) is 38.8 Å². The van der Waals surface area contributed by atoms with Gasteiger partial charge in [-0.2, -0.15) is 0 Å². The van der Waals surface area contributed by atoms with Crippen molar-refractivity contribution < 1.29 is 0 Å². The summed E-state index contributed by atoms with van der Waals surface area (Å²) in [5.41, 5.74) is 0. The standard InChI is InChI=1S/C12H20ClN3S/c1-2-16(8-10-5-3-4-6-14-10)9-11-7-15-12(13)17-11/h7,10,14H,2-6,8-9H2,1H3. The normalized spacial score (nSPS) is 21.0. The summed E-state index contributed by atoms with van der Waals surface area (Å²) in [6.45, 7) is 6.57. The van der Waals surface area contributed by atoms with Crippen LogP contribution in [0, 0.1) is 0 Å². The third kappa shape index (κ3) is 4.21. The van der Waals surface area contributed by atoms with Crippen LogP contribution in [0.1, 0.15) is 31.1 Å². The number of hydrogen-bond donors (Lipinski definition) is 1. The minimum Gasteiger partial charge on any atom is -0.313 e. The molecule has 1 N–H and O–H groups in total. The van der Waals surface area contributed by atoms with Crippen molar-refractivity contribution in [2.24, 2.45) is 0 Å². The van der Waals surface area contributed by atoms with E-state index in [0.717, 1.165) is 19.6 Å². The van der Waals surface area contributed by atoms with Crippen molar-refractivity contribution in [1.82, 2.24) is 15.2 Å². The summed E-state index contributed by atoms with van der Waals surface area (Å²) in [6, 6.07) is 0.659. The van der Waals surface area contributed by atoms with E-state index in [9.17, 15) is 0 Å². The van der Waals surface area contributed by atoms with Gasteiger partial charge in [0.15, 0.2) is 4.47 Å². The summed E-state index contributed by atoms with van der Waals surface area (Å²) in [6.07, 6.45) is 5.89. The maximum absolute atomic E-state index is 5.86. The first-order chi connectivity index (χ1) is 8.28.